The molecule has 0 bridgehead atoms. The molecule has 5 nitrogen and oxygen atoms in total. The standard InChI is InChI=1S/C14H11ClN2O3/c15-12-10(7-4-8-17-12)14(19)20-11(13(16)18)9-5-2-1-3-6-9/h1-8,11H,(H2,16,18)/t11-/m0/s1. The Bertz CT molecular complexity index is 631. The number of halogens is 1. The first-order valence-electron chi connectivity index (χ1n) is 5.75. The van der Waals surface area contributed by atoms with Crippen LogP contribution in [0.25, 0.3) is 0 Å². The van der Waals surface area contributed by atoms with Crippen molar-refractivity contribution in [3.05, 3.63) is 64.9 Å². The van der Waals surface area contributed by atoms with Gasteiger partial charge in [0, 0.05) is 11.8 Å². The predicted octanol–water partition coefficient (Wildman–Crippen LogP) is 2.12. The fourth-order valence-corrected chi connectivity index (χ4v) is 1.82. The molecule has 1 aromatic heterocycles. The number of amides is 1. The molecule has 1 aromatic carbocycles. The van der Waals surface area contributed by atoms with E-state index in [1.54, 1.807) is 36.4 Å². The first-order chi connectivity index (χ1) is 9.59. The third kappa shape index (κ3) is 3.13. The molecule has 0 unspecified atom stereocenters. The fraction of sp³-hybridized carbons (Fsp3) is 0.0714. The second-order valence-corrected chi connectivity index (χ2v) is 4.30. The van der Waals surface area contributed by atoms with E-state index in [0.717, 1.165) is 0 Å². The Morgan fingerprint density at radius 3 is 2.45 bits per heavy atom. The maximum absolute atomic E-state index is 12.0. The van der Waals surface area contributed by atoms with Crippen LogP contribution in [0.1, 0.15) is 22.0 Å². The minimum Gasteiger partial charge on any atom is -0.444 e. The predicted molar refractivity (Wildman–Crippen MR) is 73.0 cm³/mol. The molecule has 1 atom stereocenters. The van der Waals surface area contributed by atoms with Crippen LogP contribution in [-0.2, 0) is 9.53 Å². The normalized spacial score (nSPS) is 11.7. The summed E-state index contributed by atoms with van der Waals surface area (Å²) in [7, 11) is 0. The highest BCUT2D eigenvalue weighted by Gasteiger charge is 2.24. The van der Waals surface area contributed by atoms with Gasteiger partial charge in [0.2, 0.25) is 6.10 Å². The zero-order valence-electron chi connectivity index (χ0n) is 10.3. The van der Waals surface area contributed by atoms with E-state index in [1.165, 1.54) is 12.3 Å². The van der Waals surface area contributed by atoms with Crippen molar-refractivity contribution in [3.63, 3.8) is 0 Å². The highest BCUT2D eigenvalue weighted by molar-refractivity contribution is 6.32. The number of ether oxygens (including phenoxy) is 1. The number of esters is 1. The molecule has 1 amide bonds. The van der Waals surface area contributed by atoms with Crippen molar-refractivity contribution in [2.45, 2.75) is 6.10 Å². The molecular weight excluding hydrogens is 280 g/mol. The lowest BCUT2D eigenvalue weighted by atomic mass is 10.1. The van der Waals surface area contributed by atoms with Gasteiger partial charge in [0.25, 0.3) is 5.91 Å². The fourth-order valence-electron chi connectivity index (χ4n) is 1.63. The lowest BCUT2D eigenvalue weighted by molar-refractivity contribution is -0.127. The molecule has 0 fully saturated rings. The number of carbonyl (C=O) groups excluding carboxylic acids is 2. The average Bonchev–Trinajstić information content (AvgIpc) is 2.45. The van der Waals surface area contributed by atoms with Crippen LogP contribution < -0.4 is 5.73 Å². The van der Waals surface area contributed by atoms with E-state index in [9.17, 15) is 9.59 Å². The monoisotopic (exact) mass is 290 g/mol. The van der Waals surface area contributed by atoms with E-state index in [4.69, 9.17) is 22.1 Å². The number of aromatic nitrogens is 1. The van der Waals surface area contributed by atoms with E-state index in [-0.39, 0.29) is 10.7 Å². The Hall–Kier alpha value is -2.40. The van der Waals surface area contributed by atoms with Gasteiger partial charge in [-0.15, -0.1) is 0 Å². The van der Waals surface area contributed by atoms with Gasteiger partial charge in [-0.2, -0.15) is 0 Å². The zero-order chi connectivity index (χ0) is 14.5. The molecule has 102 valence electrons. The van der Waals surface area contributed by atoms with Crippen LogP contribution in [0.15, 0.2) is 48.7 Å². The summed E-state index contributed by atoms with van der Waals surface area (Å²) >= 11 is 5.80. The van der Waals surface area contributed by atoms with Crippen molar-refractivity contribution < 1.29 is 14.3 Å². The molecule has 20 heavy (non-hydrogen) atoms. The zero-order valence-corrected chi connectivity index (χ0v) is 11.1. The molecule has 2 N–H and O–H groups in total. The molecular formula is C14H11ClN2O3. The number of pyridine rings is 1. The number of hydrogen-bond acceptors (Lipinski definition) is 4. The van der Waals surface area contributed by atoms with Crippen molar-refractivity contribution >= 4 is 23.5 Å². The smallest absolute Gasteiger partial charge is 0.342 e. The molecule has 2 aromatic rings. The molecule has 0 saturated carbocycles. The van der Waals surface area contributed by atoms with Gasteiger partial charge in [-0.05, 0) is 12.1 Å². The van der Waals surface area contributed by atoms with Crippen molar-refractivity contribution in [1.29, 1.82) is 0 Å². The minimum atomic E-state index is -1.17. The number of hydrogen-bond donors (Lipinski definition) is 1. The Morgan fingerprint density at radius 1 is 1.15 bits per heavy atom. The highest BCUT2D eigenvalue weighted by atomic mass is 35.5. The topological polar surface area (TPSA) is 82.3 Å². The third-order valence-electron chi connectivity index (χ3n) is 2.56. The van der Waals surface area contributed by atoms with Crippen molar-refractivity contribution in [1.82, 2.24) is 4.98 Å². The SMILES string of the molecule is NC(=O)[C@@H](OC(=O)c1cccnc1Cl)c1ccccc1. The largest absolute Gasteiger partial charge is 0.444 e. The summed E-state index contributed by atoms with van der Waals surface area (Å²) in [5.74, 6) is -1.51. The first kappa shape index (κ1) is 14.0. The second-order valence-electron chi connectivity index (χ2n) is 3.94. The molecule has 0 spiro atoms. The number of rotatable bonds is 4. The Kier molecular flexibility index (Phi) is 4.32. The molecule has 0 aliphatic carbocycles. The van der Waals surface area contributed by atoms with Gasteiger partial charge in [0.05, 0.1) is 5.56 Å². The summed E-state index contributed by atoms with van der Waals surface area (Å²) in [6, 6.07) is 11.5. The molecule has 0 aliphatic rings. The molecule has 2 rings (SSSR count). The van der Waals surface area contributed by atoms with Crippen LogP contribution in [0.3, 0.4) is 0 Å². The highest BCUT2D eigenvalue weighted by Crippen LogP contribution is 2.21. The van der Waals surface area contributed by atoms with Crippen molar-refractivity contribution in [2.75, 3.05) is 0 Å². The molecule has 6 heteroatoms. The van der Waals surface area contributed by atoms with E-state index < -0.39 is 18.0 Å². The maximum Gasteiger partial charge on any atom is 0.342 e. The van der Waals surface area contributed by atoms with Gasteiger partial charge in [-0.25, -0.2) is 9.78 Å². The summed E-state index contributed by atoms with van der Waals surface area (Å²) in [6.45, 7) is 0. The summed E-state index contributed by atoms with van der Waals surface area (Å²) < 4.78 is 5.13. The minimum absolute atomic E-state index is 0.00813. The van der Waals surface area contributed by atoms with Crippen LogP contribution in [0.2, 0.25) is 5.15 Å². The van der Waals surface area contributed by atoms with Gasteiger partial charge < -0.3 is 10.5 Å². The Morgan fingerprint density at radius 2 is 1.85 bits per heavy atom. The number of nitrogens with two attached hydrogens (primary N) is 1. The van der Waals surface area contributed by atoms with Gasteiger partial charge in [-0.3, -0.25) is 4.79 Å². The Labute approximate surface area is 120 Å². The van der Waals surface area contributed by atoms with E-state index in [2.05, 4.69) is 4.98 Å². The quantitative estimate of drug-likeness (QED) is 0.690. The van der Waals surface area contributed by atoms with Gasteiger partial charge >= 0.3 is 5.97 Å². The number of nitrogens with zero attached hydrogens (tertiary/aromatic N) is 1. The summed E-state index contributed by atoms with van der Waals surface area (Å²) in [5, 5.41) is 0.00813. The van der Waals surface area contributed by atoms with Crippen LogP contribution in [-0.4, -0.2) is 16.9 Å². The van der Waals surface area contributed by atoms with Crippen molar-refractivity contribution in [2.24, 2.45) is 5.73 Å². The second kappa shape index (κ2) is 6.16. The maximum atomic E-state index is 12.0. The van der Waals surface area contributed by atoms with Gasteiger partial charge in [0.15, 0.2) is 0 Å². The Balaban J connectivity index is 2.24. The van der Waals surface area contributed by atoms with Crippen molar-refractivity contribution in [3.8, 4) is 0 Å². The third-order valence-corrected chi connectivity index (χ3v) is 2.87. The number of benzene rings is 1. The summed E-state index contributed by atoms with van der Waals surface area (Å²) in [5.41, 5.74) is 5.84. The van der Waals surface area contributed by atoms with Crippen LogP contribution in [0, 0.1) is 0 Å². The van der Waals surface area contributed by atoms with Gasteiger partial charge in [-0.1, -0.05) is 41.9 Å². The van der Waals surface area contributed by atoms with E-state index >= 15 is 0 Å². The first-order valence-corrected chi connectivity index (χ1v) is 6.13. The van der Waals surface area contributed by atoms with Crippen LogP contribution >= 0.6 is 11.6 Å². The molecule has 1 heterocycles. The number of carbonyl (C=O) groups is 2. The summed E-state index contributed by atoms with van der Waals surface area (Å²) in [6.07, 6.45) is 0.280. The van der Waals surface area contributed by atoms with Crippen LogP contribution in [0.5, 0.6) is 0 Å². The lowest BCUT2D eigenvalue weighted by Crippen LogP contribution is -2.26. The number of primary amides is 1. The molecule has 0 saturated heterocycles. The van der Waals surface area contributed by atoms with E-state index in [0.29, 0.717) is 5.56 Å². The van der Waals surface area contributed by atoms with Gasteiger partial charge in [0.1, 0.15) is 5.15 Å². The lowest BCUT2D eigenvalue weighted by Gasteiger charge is -2.15. The van der Waals surface area contributed by atoms with E-state index in [1.807, 2.05) is 0 Å². The molecule has 0 aliphatic heterocycles. The molecule has 0 radical (unpaired) electrons. The summed E-state index contributed by atoms with van der Waals surface area (Å²) in [4.78, 5) is 27.2. The average molecular weight is 291 g/mol. The van der Waals surface area contributed by atoms with Crippen LogP contribution in [0.4, 0.5) is 0 Å².